The maximum atomic E-state index is 12.5. The lowest BCUT2D eigenvalue weighted by atomic mass is 10.3. The van der Waals surface area contributed by atoms with Crippen LogP contribution in [0.2, 0.25) is 57.4 Å². The van der Waals surface area contributed by atoms with Crippen LogP contribution in [0, 0.1) is 0 Å². The molecule has 0 aliphatic carbocycles. The van der Waals surface area contributed by atoms with E-state index in [1.807, 2.05) is 14.1 Å². The standard InChI is InChI=1S/C25H56N4O5Si3/c1-23(30)26-16-13-19-36(7,8)34-37(9,10)20-14-17-28-25(32)22-29(2,3)21-24(31)27-15-11-12-18-35(5,6)33-4/h11-22H2,1-10H3,(H2-,26,27,28,30,31,32)/p+1. The molecular weight excluding hydrogens is 521 g/mol. The molecule has 0 spiro atoms. The van der Waals surface area contributed by atoms with Crippen LogP contribution in [0.4, 0.5) is 0 Å². The highest BCUT2D eigenvalue weighted by Gasteiger charge is 2.32. The maximum absolute atomic E-state index is 12.5. The Morgan fingerprint density at radius 3 is 1.49 bits per heavy atom. The van der Waals surface area contributed by atoms with Crippen molar-refractivity contribution in [1.82, 2.24) is 16.0 Å². The van der Waals surface area contributed by atoms with E-state index in [4.69, 9.17) is 8.54 Å². The van der Waals surface area contributed by atoms with Gasteiger partial charge in [0.05, 0.1) is 14.1 Å². The number of amides is 3. The van der Waals surface area contributed by atoms with Gasteiger partial charge in [-0.25, -0.2) is 0 Å². The second-order valence-corrected chi connectivity index (χ2v) is 26.0. The van der Waals surface area contributed by atoms with E-state index < -0.39 is 25.0 Å². The predicted octanol–water partition coefficient (Wildman–Crippen LogP) is 3.27. The van der Waals surface area contributed by atoms with Crippen LogP contribution in [0.5, 0.6) is 0 Å². The van der Waals surface area contributed by atoms with E-state index in [1.54, 1.807) is 14.0 Å². The minimum absolute atomic E-state index is 0.0115. The first-order valence-electron chi connectivity index (χ1n) is 13.7. The monoisotopic (exact) mass is 577 g/mol. The van der Waals surface area contributed by atoms with Crippen LogP contribution in [-0.4, -0.2) is 101 Å². The van der Waals surface area contributed by atoms with Gasteiger partial charge in [0, 0.05) is 33.7 Å². The van der Waals surface area contributed by atoms with Crippen molar-refractivity contribution in [2.75, 3.05) is 53.9 Å². The lowest BCUT2D eigenvalue weighted by molar-refractivity contribution is -0.874. The van der Waals surface area contributed by atoms with Gasteiger partial charge < -0.3 is 29.0 Å². The fourth-order valence-electron chi connectivity index (χ4n) is 4.32. The quantitative estimate of drug-likeness (QED) is 0.117. The lowest BCUT2D eigenvalue weighted by Gasteiger charge is -2.34. The van der Waals surface area contributed by atoms with E-state index in [9.17, 15) is 14.4 Å². The van der Waals surface area contributed by atoms with Gasteiger partial charge in [-0.15, -0.1) is 0 Å². The van der Waals surface area contributed by atoms with E-state index in [0.29, 0.717) is 24.1 Å². The van der Waals surface area contributed by atoms with Crippen molar-refractivity contribution in [2.45, 2.75) is 90.0 Å². The highest BCUT2D eigenvalue weighted by Crippen LogP contribution is 2.23. The Morgan fingerprint density at radius 1 is 0.649 bits per heavy atom. The highest BCUT2D eigenvalue weighted by atomic mass is 28.4. The first-order valence-corrected chi connectivity index (χ1v) is 23.1. The van der Waals surface area contributed by atoms with E-state index in [-0.39, 0.29) is 30.8 Å². The fraction of sp³-hybridized carbons (Fsp3) is 0.880. The molecule has 0 aliphatic rings. The minimum atomic E-state index is -1.83. The normalized spacial score (nSPS) is 12.8. The van der Waals surface area contributed by atoms with E-state index in [1.165, 1.54) is 0 Å². The zero-order chi connectivity index (χ0) is 28.8. The van der Waals surface area contributed by atoms with Gasteiger partial charge in [0.15, 0.2) is 38.0 Å². The number of carbonyl (C=O) groups excluding carboxylic acids is 3. The van der Waals surface area contributed by atoms with Crippen molar-refractivity contribution in [2.24, 2.45) is 0 Å². The molecule has 0 saturated carbocycles. The van der Waals surface area contributed by atoms with Crippen LogP contribution in [0.25, 0.3) is 0 Å². The summed E-state index contributed by atoms with van der Waals surface area (Å²) in [5.41, 5.74) is 0. The number of nitrogens with one attached hydrogen (secondary N) is 3. The Morgan fingerprint density at radius 2 is 1.05 bits per heavy atom. The zero-order valence-corrected chi connectivity index (χ0v) is 28.5. The summed E-state index contributed by atoms with van der Waals surface area (Å²) < 4.78 is 12.5. The van der Waals surface area contributed by atoms with Crippen molar-refractivity contribution in [1.29, 1.82) is 0 Å². The molecule has 0 aromatic rings. The van der Waals surface area contributed by atoms with E-state index >= 15 is 0 Å². The van der Waals surface area contributed by atoms with Gasteiger partial charge >= 0.3 is 0 Å². The molecular formula is C25H57N4O5Si3+. The Labute approximate surface area is 229 Å². The molecule has 0 unspecified atom stereocenters. The van der Waals surface area contributed by atoms with E-state index in [2.05, 4.69) is 55.2 Å². The highest BCUT2D eigenvalue weighted by molar-refractivity contribution is 6.84. The molecule has 0 rings (SSSR count). The minimum Gasteiger partial charge on any atom is -0.455 e. The molecule has 218 valence electrons. The van der Waals surface area contributed by atoms with Crippen molar-refractivity contribution in [3.63, 3.8) is 0 Å². The average molecular weight is 578 g/mol. The predicted molar refractivity (Wildman–Crippen MR) is 160 cm³/mol. The third kappa shape index (κ3) is 20.6. The third-order valence-electron chi connectivity index (χ3n) is 6.38. The number of quaternary nitrogens is 1. The summed E-state index contributed by atoms with van der Waals surface area (Å²) in [6.45, 7) is 17.5. The van der Waals surface area contributed by atoms with Gasteiger partial charge in [-0.2, -0.15) is 0 Å². The van der Waals surface area contributed by atoms with Gasteiger partial charge in [-0.05, 0) is 76.7 Å². The van der Waals surface area contributed by atoms with Gasteiger partial charge in [-0.3, -0.25) is 14.4 Å². The molecule has 0 aromatic heterocycles. The summed E-state index contributed by atoms with van der Waals surface area (Å²) in [6, 6.07) is 3.10. The summed E-state index contributed by atoms with van der Waals surface area (Å²) in [7, 11) is 0.455. The summed E-state index contributed by atoms with van der Waals surface area (Å²) in [6.07, 6.45) is 3.83. The molecule has 0 fully saturated rings. The van der Waals surface area contributed by atoms with Gasteiger partial charge in [0.25, 0.3) is 11.8 Å². The number of hydrogen-bond donors (Lipinski definition) is 3. The topological polar surface area (TPSA) is 106 Å². The lowest BCUT2D eigenvalue weighted by Crippen LogP contribution is -2.52. The average Bonchev–Trinajstić information content (AvgIpc) is 2.72. The molecule has 0 atom stereocenters. The molecule has 0 bridgehead atoms. The van der Waals surface area contributed by atoms with Crippen molar-refractivity contribution in [3.8, 4) is 0 Å². The number of unbranched alkanes of at least 4 members (excludes halogenated alkanes) is 1. The SMILES string of the molecule is CO[Si](C)(C)CCCCNC(=O)C[N+](C)(C)CC(=O)NCCC[Si](C)(C)O[Si](C)(C)CCCNC(C)=O. The Kier molecular flexibility index (Phi) is 16.3. The molecule has 3 N–H and O–H groups in total. The first-order chi connectivity index (χ1) is 16.9. The molecule has 0 aromatic carbocycles. The Bertz CT molecular complexity index is 718. The number of rotatable bonds is 20. The number of hydrogen-bond acceptors (Lipinski definition) is 5. The molecule has 37 heavy (non-hydrogen) atoms. The summed E-state index contributed by atoms with van der Waals surface area (Å²) in [5, 5.41) is 8.86. The summed E-state index contributed by atoms with van der Waals surface area (Å²) in [4.78, 5) is 35.9. The van der Waals surface area contributed by atoms with Crippen LogP contribution in [0.1, 0.15) is 32.6 Å². The maximum Gasteiger partial charge on any atom is 0.275 e. The molecule has 0 aliphatic heterocycles. The van der Waals surface area contributed by atoms with Crippen molar-refractivity contribution >= 4 is 42.7 Å². The second kappa shape index (κ2) is 16.8. The third-order valence-corrected chi connectivity index (χ3v) is 16.6. The van der Waals surface area contributed by atoms with Crippen molar-refractivity contribution in [3.05, 3.63) is 0 Å². The fourth-order valence-corrected chi connectivity index (χ4v) is 14.5. The molecule has 3 amide bonds. The number of carbonyl (C=O) groups is 3. The van der Waals surface area contributed by atoms with Gasteiger partial charge in [0.1, 0.15) is 0 Å². The van der Waals surface area contributed by atoms with E-state index in [0.717, 1.165) is 43.8 Å². The van der Waals surface area contributed by atoms with Crippen molar-refractivity contribution < 1.29 is 27.4 Å². The van der Waals surface area contributed by atoms with Crippen LogP contribution < -0.4 is 16.0 Å². The Balaban J connectivity index is 4.21. The largest absolute Gasteiger partial charge is 0.455 e. The van der Waals surface area contributed by atoms with Crippen LogP contribution in [0.15, 0.2) is 0 Å². The molecule has 9 nitrogen and oxygen atoms in total. The first kappa shape index (κ1) is 35.9. The zero-order valence-electron chi connectivity index (χ0n) is 25.5. The second-order valence-electron chi connectivity index (χ2n) is 12.7. The molecule has 0 saturated heterocycles. The molecule has 0 radical (unpaired) electrons. The van der Waals surface area contributed by atoms with Gasteiger partial charge in [0.2, 0.25) is 5.91 Å². The van der Waals surface area contributed by atoms with Gasteiger partial charge in [-0.1, -0.05) is 6.42 Å². The summed E-state index contributed by atoms with van der Waals surface area (Å²) >= 11 is 0. The molecule has 0 heterocycles. The number of nitrogens with zero attached hydrogens (tertiary/aromatic N) is 1. The Hall–Kier alpha value is -1.06. The van der Waals surface area contributed by atoms with Crippen LogP contribution >= 0.6 is 0 Å². The van der Waals surface area contributed by atoms with Crippen LogP contribution in [-0.2, 0) is 22.9 Å². The number of likely N-dealkylation sites (N-methyl/N-ethyl adjacent to an activating group) is 1. The van der Waals surface area contributed by atoms with Crippen LogP contribution in [0.3, 0.4) is 0 Å². The molecule has 12 heteroatoms. The summed E-state index contributed by atoms with van der Waals surface area (Å²) in [5.74, 6) is -0.0372. The smallest absolute Gasteiger partial charge is 0.275 e.